The first-order chi connectivity index (χ1) is 9.51. The van der Waals surface area contributed by atoms with Crippen LogP contribution in [-0.4, -0.2) is 23.2 Å². The molecule has 0 atom stereocenters. The lowest BCUT2D eigenvalue weighted by Gasteiger charge is -2.08. The third-order valence-electron chi connectivity index (χ3n) is 2.65. The van der Waals surface area contributed by atoms with Gasteiger partial charge in [-0.1, -0.05) is 0 Å². The normalized spacial score (nSPS) is 10.1. The van der Waals surface area contributed by atoms with Crippen molar-refractivity contribution in [3.05, 3.63) is 47.8 Å². The molecule has 0 unspecified atom stereocenters. The fourth-order valence-corrected chi connectivity index (χ4v) is 1.62. The third-order valence-corrected chi connectivity index (χ3v) is 2.65. The molecular weight excluding hydrogens is 265 g/mol. The topological polar surface area (TPSA) is 78.8 Å². The van der Waals surface area contributed by atoms with Crippen molar-refractivity contribution >= 4 is 11.6 Å². The second-order valence-corrected chi connectivity index (χ2v) is 4.01. The molecule has 0 radical (unpaired) electrons. The standard InChI is InChI=1S/C14H12FNO4/c1-20-13-5-2-8(6-12(13)18)14(19)16-9-3-4-11(17)10(15)7-9/h2-7,17-18H,1H3,(H,16,19). The van der Waals surface area contributed by atoms with Crippen molar-refractivity contribution in [3.8, 4) is 17.2 Å². The number of ether oxygens (including phenoxy) is 1. The molecule has 3 N–H and O–H groups in total. The molecule has 0 aliphatic heterocycles. The predicted octanol–water partition coefficient (Wildman–Crippen LogP) is 2.50. The van der Waals surface area contributed by atoms with Crippen molar-refractivity contribution in [2.45, 2.75) is 0 Å². The number of halogens is 1. The number of anilines is 1. The Hall–Kier alpha value is -2.76. The van der Waals surface area contributed by atoms with E-state index in [2.05, 4.69) is 5.32 Å². The van der Waals surface area contributed by atoms with Gasteiger partial charge < -0.3 is 20.3 Å². The fourth-order valence-electron chi connectivity index (χ4n) is 1.62. The van der Waals surface area contributed by atoms with Crippen molar-refractivity contribution in [3.63, 3.8) is 0 Å². The number of aromatic hydroxyl groups is 2. The van der Waals surface area contributed by atoms with Crippen molar-refractivity contribution in [1.82, 2.24) is 0 Å². The van der Waals surface area contributed by atoms with E-state index in [1.165, 1.54) is 31.4 Å². The molecule has 6 heteroatoms. The van der Waals surface area contributed by atoms with Gasteiger partial charge in [0, 0.05) is 17.3 Å². The predicted molar refractivity (Wildman–Crippen MR) is 70.7 cm³/mol. The molecule has 1 amide bonds. The minimum atomic E-state index is -0.833. The van der Waals surface area contributed by atoms with E-state index in [9.17, 15) is 14.3 Å². The number of phenolic OH excluding ortho intramolecular Hbond substituents is 2. The van der Waals surface area contributed by atoms with Crippen LogP contribution >= 0.6 is 0 Å². The Morgan fingerprint density at radius 3 is 2.50 bits per heavy atom. The number of amides is 1. The van der Waals surface area contributed by atoms with Crippen molar-refractivity contribution in [2.75, 3.05) is 12.4 Å². The van der Waals surface area contributed by atoms with Crippen LogP contribution in [0.25, 0.3) is 0 Å². The number of benzene rings is 2. The minimum Gasteiger partial charge on any atom is -0.505 e. The second-order valence-electron chi connectivity index (χ2n) is 4.01. The summed E-state index contributed by atoms with van der Waals surface area (Å²) in [6.45, 7) is 0. The van der Waals surface area contributed by atoms with Crippen LogP contribution in [0.2, 0.25) is 0 Å². The minimum absolute atomic E-state index is 0.169. The molecule has 0 bridgehead atoms. The summed E-state index contributed by atoms with van der Waals surface area (Å²) in [5.74, 6) is -1.77. The van der Waals surface area contributed by atoms with Gasteiger partial charge in [0.25, 0.3) is 5.91 Å². The summed E-state index contributed by atoms with van der Waals surface area (Å²) >= 11 is 0. The van der Waals surface area contributed by atoms with Gasteiger partial charge in [0.05, 0.1) is 7.11 Å². The molecule has 104 valence electrons. The number of rotatable bonds is 3. The molecule has 2 aromatic rings. The van der Waals surface area contributed by atoms with Crippen LogP contribution in [0.3, 0.4) is 0 Å². The SMILES string of the molecule is COc1ccc(C(=O)Nc2ccc(O)c(F)c2)cc1O. The van der Waals surface area contributed by atoms with Gasteiger partial charge in [0.15, 0.2) is 23.1 Å². The Morgan fingerprint density at radius 1 is 1.15 bits per heavy atom. The van der Waals surface area contributed by atoms with Gasteiger partial charge >= 0.3 is 0 Å². The first-order valence-electron chi connectivity index (χ1n) is 5.68. The van der Waals surface area contributed by atoms with Crippen LogP contribution < -0.4 is 10.1 Å². The summed E-state index contributed by atoms with van der Waals surface area (Å²) in [5.41, 5.74) is 0.386. The summed E-state index contributed by atoms with van der Waals surface area (Å²) in [5, 5.41) is 21.1. The van der Waals surface area contributed by atoms with Gasteiger partial charge in [-0.05, 0) is 30.3 Å². The number of hydrogen-bond acceptors (Lipinski definition) is 4. The molecule has 20 heavy (non-hydrogen) atoms. The summed E-state index contributed by atoms with van der Waals surface area (Å²) in [7, 11) is 1.40. The van der Waals surface area contributed by atoms with Crippen molar-refractivity contribution < 1.29 is 24.1 Å². The zero-order valence-corrected chi connectivity index (χ0v) is 10.6. The van der Waals surface area contributed by atoms with E-state index in [1.807, 2.05) is 0 Å². The lowest BCUT2D eigenvalue weighted by Crippen LogP contribution is -2.11. The average Bonchev–Trinajstić information content (AvgIpc) is 2.42. The number of phenols is 2. The lowest BCUT2D eigenvalue weighted by molar-refractivity contribution is 0.102. The van der Waals surface area contributed by atoms with Gasteiger partial charge in [0.1, 0.15) is 0 Å². The maximum atomic E-state index is 13.1. The zero-order chi connectivity index (χ0) is 14.7. The molecule has 5 nitrogen and oxygen atoms in total. The van der Waals surface area contributed by atoms with E-state index in [1.54, 1.807) is 0 Å². The Kier molecular flexibility index (Phi) is 3.74. The van der Waals surface area contributed by atoms with E-state index < -0.39 is 17.5 Å². The van der Waals surface area contributed by atoms with Crippen molar-refractivity contribution in [2.24, 2.45) is 0 Å². The molecule has 0 aliphatic rings. The molecular formula is C14H12FNO4. The zero-order valence-electron chi connectivity index (χ0n) is 10.6. The first-order valence-corrected chi connectivity index (χ1v) is 5.68. The maximum absolute atomic E-state index is 13.1. The quantitative estimate of drug-likeness (QED) is 0.753. The molecule has 0 saturated carbocycles. The lowest BCUT2D eigenvalue weighted by atomic mass is 10.2. The summed E-state index contributed by atoms with van der Waals surface area (Å²) in [6.07, 6.45) is 0. The van der Waals surface area contributed by atoms with Gasteiger partial charge in [-0.2, -0.15) is 0 Å². The molecule has 0 fully saturated rings. The largest absolute Gasteiger partial charge is 0.505 e. The second kappa shape index (κ2) is 5.48. The first kappa shape index (κ1) is 13.7. The molecule has 0 aliphatic carbocycles. The molecule has 0 aromatic heterocycles. The maximum Gasteiger partial charge on any atom is 0.255 e. The van der Waals surface area contributed by atoms with E-state index >= 15 is 0 Å². The fraction of sp³-hybridized carbons (Fsp3) is 0.0714. The number of methoxy groups -OCH3 is 1. The van der Waals surface area contributed by atoms with E-state index in [4.69, 9.17) is 9.84 Å². The summed E-state index contributed by atoms with van der Waals surface area (Å²) in [6, 6.07) is 7.64. The van der Waals surface area contributed by atoms with E-state index in [-0.39, 0.29) is 22.7 Å². The number of hydrogen-bond donors (Lipinski definition) is 3. The van der Waals surface area contributed by atoms with E-state index in [0.29, 0.717) is 0 Å². The van der Waals surface area contributed by atoms with Crippen LogP contribution in [-0.2, 0) is 0 Å². The van der Waals surface area contributed by atoms with Crippen LogP contribution in [0, 0.1) is 5.82 Å². The number of carbonyl (C=O) groups excluding carboxylic acids is 1. The molecule has 0 spiro atoms. The highest BCUT2D eigenvalue weighted by Gasteiger charge is 2.11. The number of nitrogens with one attached hydrogen (secondary N) is 1. The van der Waals surface area contributed by atoms with Gasteiger partial charge in [-0.15, -0.1) is 0 Å². The van der Waals surface area contributed by atoms with Crippen LogP contribution in [0.4, 0.5) is 10.1 Å². The smallest absolute Gasteiger partial charge is 0.255 e. The van der Waals surface area contributed by atoms with Gasteiger partial charge in [-0.3, -0.25) is 4.79 Å². The van der Waals surface area contributed by atoms with Crippen LogP contribution in [0.1, 0.15) is 10.4 Å². The van der Waals surface area contributed by atoms with Crippen LogP contribution in [0.5, 0.6) is 17.2 Å². The summed E-state index contributed by atoms with van der Waals surface area (Å²) < 4.78 is 18.0. The van der Waals surface area contributed by atoms with Gasteiger partial charge in [-0.25, -0.2) is 4.39 Å². The highest BCUT2D eigenvalue weighted by atomic mass is 19.1. The highest BCUT2D eigenvalue weighted by Crippen LogP contribution is 2.27. The Morgan fingerprint density at radius 2 is 1.90 bits per heavy atom. The highest BCUT2D eigenvalue weighted by molar-refractivity contribution is 6.04. The van der Waals surface area contributed by atoms with Gasteiger partial charge in [0.2, 0.25) is 0 Å². The molecule has 2 aromatic carbocycles. The molecule has 0 saturated heterocycles. The Bertz CT molecular complexity index is 658. The van der Waals surface area contributed by atoms with Crippen LogP contribution in [0.15, 0.2) is 36.4 Å². The third kappa shape index (κ3) is 2.80. The Labute approximate surface area is 114 Å². The van der Waals surface area contributed by atoms with Crippen molar-refractivity contribution in [1.29, 1.82) is 0 Å². The Balaban J connectivity index is 2.19. The molecule has 0 heterocycles. The van der Waals surface area contributed by atoms with E-state index in [0.717, 1.165) is 12.1 Å². The average molecular weight is 277 g/mol. The summed E-state index contributed by atoms with van der Waals surface area (Å²) in [4.78, 5) is 11.9. The number of carbonyl (C=O) groups is 1. The molecule has 2 rings (SSSR count). The monoisotopic (exact) mass is 277 g/mol.